The zero-order valence-corrected chi connectivity index (χ0v) is 7.19. The summed E-state index contributed by atoms with van der Waals surface area (Å²) in [6.07, 6.45) is 3.46. The monoisotopic (exact) mass is 187 g/mol. The number of carbonyl (C=O) groups is 1. The molecule has 0 spiro atoms. The number of hydrogen-bond acceptors (Lipinski definition) is 3. The number of nitrogens with zero attached hydrogens (tertiary/aromatic N) is 1. The van der Waals surface area contributed by atoms with Crippen LogP contribution in [0, 0.1) is 5.41 Å². The van der Waals surface area contributed by atoms with Crippen molar-refractivity contribution in [1.82, 2.24) is 10.2 Å². The maximum absolute atomic E-state index is 9.00. The van der Waals surface area contributed by atoms with E-state index >= 15 is 0 Å². The Hall–Kier alpha value is -2.05. The first-order valence-electron chi connectivity index (χ1n) is 3.19. The molecule has 0 unspecified atom stereocenters. The predicted molar refractivity (Wildman–Crippen MR) is 48.0 cm³/mol. The summed E-state index contributed by atoms with van der Waals surface area (Å²) < 4.78 is 0. The lowest BCUT2D eigenvalue weighted by Gasteiger charge is -1.69. The van der Waals surface area contributed by atoms with Gasteiger partial charge in [0.15, 0.2) is 5.96 Å². The van der Waals surface area contributed by atoms with Gasteiger partial charge in [-0.15, -0.1) is 0 Å². The Morgan fingerprint density at radius 2 is 2.00 bits per heavy atom. The van der Waals surface area contributed by atoms with Crippen molar-refractivity contribution in [2.45, 2.75) is 6.92 Å². The number of aliphatic carboxylic acids is 1. The van der Waals surface area contributed by atoms with Crippen LogP contribution in [0.1, 0.15) is 6.92 Å². The molecule has 7 heteroatoms. The second kappa shape index (κ2) is 9.95. The summed E-state index contributed by atoms with van der Waals surface area (Å²) in [6.45, 7) is 1.08. The van der Waals surface area contributed by atoms with Gasteiger partial charge in [0.25, 0.3) is 5.97 Å². The van der Waals surface area contributed by atoms with Crippen LogP contribution in [0.25, 0.3) is 0 Å². The van der Waals surface area contributed by atoms with Crippen molar-refractivity contribution in [3.05, 3.63) is 18.5 Å². The summed E-state index contributed by atoms with van der Waals surface area (Å²) in [7, 11) is 0. The van der Waals surface area contributed by atoms with Gasteiger partial charge in [0.2, 0.25) is 0 Å². The Labute approximate surface area is 75.3 Å². The molecule has 1 rings (SSSR count). The van der Waals surface area contributed by atoms with E-state index in [2.05, 4.69) is 21.7 Å². The van der Waals surface area contributed by atoms with Crippen LogP contribution in [0.4, 0.5) is 0 Å². The molecule has 0 fully saturated rings. The molecule has 0 atom stereocenters. The van der Waals surface area contributed by atoms with E-state index < -0.39 is 5.97 Å². The molecule has 0 aliphatic rings. The molecule has 0 aliphatic carbocycles. The smallest absolute Gasteiger partial charge is 0.300 e. The van der Waals surface area contributed by atoms with Crippen molar-refractivity contribution in [1.29, 1.82) is 5.41 Å². The van der Waals surface area contributed by atoms with E-state index in [-0.39, 0.29) is 5.96 Å². The highest BCUT2D eigenvalue weighted by molar-refractivity contribution is 5.71. The average Bonchev–Trinajstić information content (AvgIpc) is 2.35. The lowest BCUT2D eigenvalue weighted by molar-refractivity contribution is -0.134. The number of aromatic nitrogens is 2. The van der Waals surface area contributed by atoms with Crippen molar-refractivity contribution in [2.24, 2.45) is 11.5 Å². The number of nitrogens with two attached hydrogens (primary N) is 2. The molecule has 0 saturated heterocycles. The van der Waals surface area contributed by atoms with E-state index in [0.717, 1.165) is 6.92 Å². The number of H-pyrrole nitrogens is 1. The van der Waals surface area contributed by atoms with E-state index in [9.17, 15) is 0 Å². The van der Waals surface area contributed by atoms with Gasteiger partial charge in [-0.05, 0) is 6.07 Å². The van der Waals surface area contributed by atoms with E-state index in [1.54, 1.807) is 12.4 Å². The van der Waals surface area contributed by atoms with Crippen LogP contribution in [0.2, 0.25) is 0 Å². The molecule has 7 N–H and O–H groups in total. The first kappa shape index (κ1) is 13.5. The minimum atomic E-state index is -0.833. The first-order valence-corrected chi connectivity index (χ1v) is 3.19. The third-order valence-corrected chi connectivity index (χ3v) is 0.406. The highest BCUT2D eigenvalue weighted by Crippen LogP contribution is 1.64. The van der Waals surface area contributed by atoms with Crippen LogP contribution < -0.4 is 11.5 Å². The lowest BCUT2D eigenvalue weighted by Crippen LogP contribution is -2.20. The molecule has 0 aliphatic heterocycles. The number of carboxylic acid groups (broad SMARTS) is 1. The van der Waals surface area contributed by atoms with E-state index in [1.165, 1.54) is 0 Å². The van der Waals surface area contributed by atoms with Gasteiger partial charge in [-0.2, -0.15) is 5.10 Å². The normalized spacial score (nSPS) is 6.85. The molecule has 1 aromatic heterocycles. The molecule has 7 nitrogen and oxygen atoms in total. The van der Waals surface area contributed by atoms with Crippen LogP contribution in [-0.2, 0) is 4.79 Å². The molecule has 0 amide bonds. The molecule has 0 radical (unpaired) electrons. The minimum absolute atomic E-state index is 0.333. The topological polar surface area (TPSA) is 142 Å². The Kier molecular flexibility index (Phi) is 10.4. The Bertz CT molecular complexity index is 184. The fourth-order valence-corrected chi connectivity index (χ4v) is 0.215. The van der Waals surface area contributed by atoms with Crippen molar-refractivity contribution < 1.29 is 9.90 Å². The van der Waals surface area contributed by atoms with E-state index in [1.807, 2.05) is 6.07 Å². The van der Waals surface area contributed by atoms with Crippen molar-refractivity contribution >= 4 is 11.9 Å². The summed E-state index contributed by atoms with van der Waals surface area (Å²) in [5.41, 5.74) is 8.94. The molecular weight excluding hydrogens is 174 g/mol. The highest BCUT2D eigenvalue weighted by atomic mass is 16.4. The van der Waals surface area contributed by atoms with Gasteiger partial charge >= 0.3 is 0 Å². The first-order chi connectivity index (χ1) is 5.96. The summed E-state index contributed by atoms with van der Waals surface area (Å²) in [4.78, 5) is 9.00. The summed E-state index contributed by atoms with van der Waals surface area (Å²) >= 11 is 0. The maximum Gasteiger partial charge on any atom is 0.300 e. The average molecular weight is 187 g/mol. The molecule has 1 heterocycles. The van der Waals surface area contributed by atoms with Gasteiger partial charge < -0.3 is 16.6 Å². The molecule has 13 heavy (non-hydrogen) atoms. The van der Waals surface area contributed by atoms with Gasteiger partial charge in [0.1, 0.15) is 0 Å². The van der Waals surface area contributed by atoms with Crippen LogP contribution in [0.15, 0.2) is 18.5 Å². The van der Waals surface area contributed by atoms with Crippen LogP contribution in [0.5, 0.6) is 0 Å². The van der Waals surface area contributed by atoms with Crippen molar-refractivity contribution in [3.63, 3.8) is 0 Å². The second-order valence-corrected chi connectivity index (χ2v) is 1.74. The summed E-state index contributed by atoms with van der Waals surface area (Å²) in [5, 5.41) is 19.7. The zero-order chi connectivity index (χ0) is 10.7. The van der Waals surface area contributed by atoms with Gasteiger partial charge in [-0.25, -0.2) is 0 Å². The van der Waals surface area contributed by atoms with Gasteiger partial charge in [0.05, 0.1) is 0 Å². The fraction of sp³-hybridized carbons (Fsp3) is 0.167. The van der Waals surface area contributed by atoms with Crippen LogP contribution in [0.3, 0.4) is 0 Å². The van der Waals surface area contributed by atoms with Crippen molar-refractivity contribution in [2.75, 3.05) is 0 Å². The summed E-state index contributed by atoms with van der Waals surface area (Å²) in [5.74, 6) is -1.17. The van der Waals surface area contributed by atoms with E-state index in [4.69, 9.17) is 15.3 Å². The Morgan fingerprint density at radius 1 is 1.62 bits per heavy atom. The molecule has 0 bridgehead atoms. The van der Waals surface area contributed by atoms with Gasteiger partial charge in [-0.3, -0.25) is 15.3 Å². The highest BCUT2D eigenvalue weighted by Gasteiger charge is 1.65. The number of carboxylic acids is 1. The molecule has 0 aromatic carbocycles. The molecule has 74 valence electrons. The third kappa shape index (κ3) is 72.3. The quantitative estimate of drug-likeness (QED) is 0.270. The number of rotatable bonds is 0. The number of nitrogens with one attached hydrogen (secondary N) is 2. The Balaban J connectivity index is 0. The third-order valence-electron chi connectivity index (χ3n) is 0.406. The molecule has 0 saturated carbocycles. The van der Waals surface area contributed by atoms with Crippen LogP contribution >= 0.6 is 0 Å². The predicted octanol–water partition coefficient (Wildman–Crippen LogP) is -0.661. The van der Waals surface area contributed by atoms with Gasteiger partial charge in [0, 0.05) is 19.3 Å². The minimum Gasteiger partial charge on any atom is -0.481 e. The number of aromatic amines is 1. The number of guanidine groups is 1. The zero-order valence-electron chi connectivity index (χ0n) is 7.19. The standard InChI is InChI=1S/C3H4N2.C2H4O2.CH5N3/c1-2-4-5-3-1;1-2(3)4;2-1(3)4/h1-3H,(H,4,5);1H3,(H,3,4);(H5,2,3,4). The number of hydrogen-bond donors (Lipinski definition) is 5. The summed E-state index contributed by atoms with van der Waals surface area (Å²) in [6, 6.07) is 1.83. The SMILES string of the molecule is CC(=O)O.N=C(N)N.c1cn[nH]c1. The second-order valence-electron chi connectivity index (χ2n) is 1.74. The van der Waals surface area contributed by atoms with Gasteiger partial charge in [-0.1, -0.05) is 0 Å². The van der Waals surface area contributed by atoms with Crippen LogP contribution in [-0.4, -0.2) is 27.2 Å². The molecule has 1 aromatic rings. The van der Waals surface area contributed by atoms with Crippen molar-refractivity contribution in [3.8, 4) is 0 Å². The largest absolute Gasteiger partial charge is 0.481 e. The molecular formula is C6H13N5O2. The lowest BCUT2D eigenvalue weighted by atomic mass is 10.8. The Morgan fingerprint density at radius 3 is 2.08 bits per heavy atom. The maximum atomic E-state index is 9.00. The fourth-order valence-electron chi connectivity index (χ4n) is 0.215. The van der Waals surface area contributed by atoms with E-state index in [0.29, 0.717) is 0 Å².